The molecule has 1 rings (SSSR count). The van der Waals surface area contributed by atoms with E-state index in [0.717, 1.165) is 31.6 Å². The monoisotopic (exact) mass is 183 g/mol. The maximum absolute atomic E-state index is 10.7. The second-order valence-electron chi connectivity index (χ2n) is 4.47. The van der Waals surface area contributed by atoms with Crippen LogP contribution in [-0.2, 0) is 4.79 Å². The van der Waals surface area contributed by atoms with Crippen molar-refractivity contribution in [2.45, 2.75) is 46.0 Å². The minimum atomic E-state index is -0.601. The Morgan fingerprint density at radius 2 is 1.77 bits per heavy atom. The summed E-state index contributed by atoms with van der Waals surface area (Å²) in [5.74, 6) is 1.56. The standard InChI is InChI=1S/C11H19O2/c1-8(2)7-9-3-5-10(6-4-9)11(12)13/h9-10H,3-7H2,1-2H3,(H,12,13). The van der Waals surface area contributed by atoms with Crippen LogP contribution >= 0.6 is 0 Å². The summed E-state index contributed by atoms with van der Waals surface area (Å²) >= 11 is 0. The maximum Gasteiger partial charge on any atom is 0.306 e. The zero-order chi connectivity index (χ0) is 9.84. The van der Waals surface area contributed by atoms with E-state index in [1.54, 1.807) is 0 Å². The van der Waals surface area contributed by atoms with Crippen molar-refractivity contribution in [3.8, 4) is 0 Å². The van der Waals surface area contributed by atoms with E-state index in [-0.39, 0.29) is 5.92 Å². The highest BCUT2D eigenvalue weighted by Gasteiger charge is 2.25. The second-order valence-corrected chi connectivity index (χ2v) is 4.47. The van der Waals surface area contributed by atoms with Gasteiger partial charge in [0.15, 0.2) is 0 Å². The van der Waals surface area contributed by atoms with Gasteiger partial charge in [-0.2, -0.15) is 0 Å². The molecular weight excluding hydrogens is 164 g/mol. The number of hydrogen-bond acceptors (Lipinski definition) is 1. The van der Waals surface area contributed by atoms with Gasteiger partial charge in [0.2, 0.25) is 0 Å². The van der Waals surface area contributed by atoms with Gasteiger partial charge in [-0.15, -0.1) is 0 Å². The van der Waals surface area contributed by atoms with Crippen molar-refractivity contribution in [2.24, 2.45) is 11.8 Å². The number of aliphatic carboxylic acids is 1. The molecule has 1 N–H and O–H groups in total. The van der Waals surface area contributed by atoms with E-state index in [0.29, 0.717) is 0 Å². The van der Waals surface area contributed by atoms with Crippen LogP contribution < -0.4 is 0 Å². The number of carboxylic acids is 1. The van der Waals surface area contributed by atoms with Crippen LogP contribution in [0.3, 0.4) is 0 Å². The molecule has 13 heavy (non-hydrogen) atoms. The van der Waals surface area contributed by atoms with Gasteiger partial charge in [-0.25, -0.2) is 0 Å². The van der Waals surface area contributed by atoms with E-state index < -0.39 is 5.97 Å². The maximum atomic E-state index is 10.7. The van der Waals surface area contributed by atoms with Crippen LogP contribution in [0.25, 0.3) is 0 Å². The zero-order valence-electron chi connectivity index (χ0n) is 8.55. The van der Waals surface area contributed by atoms with Gasteiger partial charge >= 0.3 is 5.97 Å². The molecule has 1 saturated carbocycles. The lowest BCUT2D eigenvalue weighted by Gasteiger charge is -2.26. The Kier molecular flexibility index (Phi) is 3.76. The number of rotatable bonds is 3. The Balaban J connectivity index is 2.26. The highest BCUT2D eigenvalue weighted by Crippen LogP contribution is 2.32. The van der Waals surface area contributed by atoms with E-state index in [1.807, 2.05) is 0 Å². The Hall–Kier alpha value is -0.530. The number of carboxylic acid groups (broad SMARTS) is 1. The Morgan fingerprint density at radius 1 is 1.23 bits per heavy atom. The summed E-state index contributed by atoms with van der Waals surface area (Å²) in [4.78, 5) is 10.7. The van der Waals surface area contributed by atoms with E-state index in [9.17, 15) is 4.79 Å². The summed E-state index contributed by atoms with van der Waals surface area (Å²) < 4.78 is 0. The van der Waals surface area contributed by atoms with E-state index in [2.05, 4.69) is 13.8 Å². The molecule has 0 spiro atoms. The minimum Gasteiger partial charge on any atom is -0.481 e. The fourth-order valence-corrected chi connectivity index (χ4v) is 2.19. The number of carbonyl (C=O) groups is 1. The Labute approximate surface area is 80.3 Å². The lowest BCUT2D eigenvalue weighted by molar-refractivity contribution is -0.143. The average molecular weight is 183 g/mol. The summed E-state index contributed by atoms with van der Waals surface area (Å²) in [5.41, 5.74) is 0. The molecular formula is C11H19O2. The summed E-state index contributed by atoms with van der Waals surface area (Å²) in [6.45, 7) is 4.31. The van der Waals surface area contributed by atoms with Crippen LogP contribution in [0.2, 0.25) is 0 Å². The van der Waals surface area contributed by atoms with E-state index in [1.165, 1.54) is 12.3 Å². The molecule has 0 saturated heterocycles. The van der Waals surface area contributed by atoms with Crippen molar-refractivity contribution in [1.82, 2.24) is 0 Å². The van der Waals surface area contributed by atoms with Gasteiger partial charge in [0.05, 0.1) is 5.92 Å². The molecule has 0 aromatic heterocycles. The molecule has 0 amide bonds. The topological polar surface area (TPSA) is 37.3 Å². The highest BCUT2D eigenvalue weighted by molar-refractivity contribution is 5.69. The quantitative estimate of drug-likeness (QED) is 0.730. The Bertz CT molecular complexity index is 167. The van der Waals surface area contributed by atoms with E-state index in [4.69, 9.17) is 5.11 Å². The van der Waals surface area contributed by atoms with Crippen molar-refractivity contribution in [3.05, 3.63) is 5.92 Å². The van der Waals surface area contributed by atoms with Gasteiger partial charge in [-0.1, -0.05) is 13.8 Å². The molecule has 0 aliphatic heterocycles. The smallest absolute Gasteiger partial charge is 0.306 e. The minimum absolute atomic E-state index is 0.0617. The Morgan fingerprint density at radius 3 is 2.15 bits per heavy atom. The SMILES string of the molecule is C[C](C)CC1CCC(C(=O)O)CC1. The molecule has 0 unspecified atom stereocenters. The van der Waals surface area contributed by atoms with Gasteiger partial charge in [0.1, 0.15) is 0 Å². The first-order valence-corrected chi connectivity index (χ1v) is 5.11. The average Bonchev–Trinajstić information content (AvgIpc) is 2.04. The van der Waals surface area contributed by atoms with E-state index >= 15 is 0 Å². The molecule has 1 fully saturated rings. The fourth-order valence-electron chi connectivity index (χ4n) is 2.19. The van der Waals surface area contributed by atoms with Gasteiger partial charge in [0.25, 0.3) is 0 Å². The third-order valence-corrected chi connectivity index (χ3v) is 2.89. The lowest BCUT2D eigenvalue weighted by Crippen LogP contribution is -2.21. The van der Waals surface area contributed by atoms with Crippen molar-refractivity contribution in [2.75, 3.05) is 0 Å². The lowest BCUT2D eigenvalue weighted by atomic mass is 9.78. The van der Waals surface area contributed by atoms with Gasteiger partial charge in [-0.3, -0.25) is 4.79 Å². The highest BCUT2D eigenvalue weighted by atomic mass is 16.4. The molecule has 0 aromatic carbocycles. The van der Waals surface area contributed by atoms with Gasteiger partial charge in [0, 0.05) is 0 Å². The third kappa shape index (κ3) is 3.37. The van der Waals surface area contributed by atoms with Crippen LogP contribution in [0.15, 0.2) is 0 Å². The molecule has 0 atom stereocenters. The van der Waals surface area contributed by atoms with Crippen LogP contribution in [0, 0.1) is 17.8 Å². The predicted molar refractivity (Wildman–Crippen MR) is 52.3 cm³/mol. The molecule has 2 nitrogen and oxygen atoms in total. The molecule has 0 aromatic rings. The van der Waals surface area contributed by atoms with Gasteiger partial charge in [-0.05, 0) is 43.9 Å². The molecule has 1 radical (unpaired) electrons. The fraction of sp³-hybridized carbons (Fsp3) is 0.818. The first-order valence-electron chi connectivity index (χ1n) is 5.11. The molecule has 0 bridgehead atoms. The summed E-state index contributed by atoms with van der Waals surface area (Å²) in [5, 5.41) is 8.80. The molecule has 1 aliphatic carbocycles. The van der Waals surface area contributed by atoms with Crippen LogP contribution in [0.5, 0.6) is 0 Å². The largest absolute Gasteiger partial charge is 0.481 e. The van der Waals surface area contributed by atoms with Crippen LogP contribution in [0.1, 0.15) is 46.0 Å². The zero-order valence-corrected chi connectivity index (χ0v) is 8.55. The number of hydrogen-bond donors (Lipinski definition) is 1. The summed E-state index contributed by atoms with van der Waals surface area (Å²) in [7, 11) is 0. The van der Waals surface area contributed by atoms with Crippen molar-refractivity contribution < 1.29 is 9.90 Å². The third-order valence-electron chi connectivity index (χ3n) is 2.89. The summed E-state index contributed by atoms with van der Waals surface area (Å²) in [6.07, 6.45) is 5.15. The summed E-state index contributed by atoms with van der Waals surface area (Å²) in [6, 6.07) is 0. The van der Waals surface area contributed by atoms with Crippen molar-refractivity contribution >= 4 is 5.97 Å². The van der Waals surface area contributed by atoms with Gasteiger partial charge < -0.3 is 5.11 Å². The first-order chi connectivity index (χ1) is 6.09. The molecule has 75 valence electrons. The molecule has 0 heterocycles. The van der Waals surface area contributed by atoms with Crippen molar-refractivity contribution in [1.29, 1.82) is 0 Å². The molecule has 1 aliphatic rings. The van der Waals surface area contributed by atoms with Crippen molar-refractivity contribution in [3.63, 3.8) is 0 Å². The predicted octanol–water partition coefficient (Wildman–Crippen LogP) is 2.88. The van der Waals surface area contributed by atoms with Crippen LogP contribution in [-0.4, -0.2) is 11.1 Å². The normalized spacial score (nSPS) is 29.2. The first kappa shape index (κ1) is 10.6. The molecule has 2 heteroatoms. The van der Waals surface area contributed by atoms with Crippen LogP contribution in [0.4, 0.5) is 0 Å². The second kappa shape index (κ2) is 4.64.